The van der Waals surface area contributed by atoms with Gasteiger partial charge in [0.05, 0.1) is 12.6 Å². The van der Waals surface area contributed by atoms with Gasteiger partial charge in [-0.15, -0.1) is 0 Å². The number of methoxy groups -OCH3 is 1. The Labute approximate surface area is 111 Å². The Balaban J connectivity index is 2.81. The van der Waals surface area contributed by atoms with Crippen molar-refractivity contribution in [2.45, 2.75) is 33.2 Å². The number of nitrogens with zero attached hydrogens (tertiary/aromatic N) is 2. The van der Waals surface area contributed by atoms with Crippen LogP contribution in [0.2, 0.25) is 0 Å². The zero-order valence-corrected chi connectivity index (χ0v) is 12.4. The van der Waals surface area contributed by atoms with Gasteiger partial charge < -0.3 is 10.1 Å². The van der Waals surface area contributed by atoms with E-state index < -0.39 is 0 Å². The number of halogens is 1. The summed E-state index contributed by atoms with van der Waals surface area (Å²) in [6.07, 6.45) is 0.824. The maximum atomic E-state index is 5.21. The van der Waals surface area contributed by atoms with Crippen LogP contribution in [0.4, 0.5) is 5.82 Å². The van der Waals surface area contributed by atoms with E-state index in [4.69, 9.17) is 4.74 Å². The summed E-state index contributed by atoms with van der Waals surface area (Å²) in [5, 5.41) is 3.39. The second-order valence-corrected chi connectivity index (χ2v) is 5.11. The van der Waals surface area contributed by atoms with Crippen LogP contribution < -0.4 is 5.32 Å². The first kappa shape index (κ1) is 14.4. The lowest BCUT2D eigenvalue weighted by molar-refractivity contribution is 0.171. The summed E-state index contributed by atoms with van der Waals surface area (Å²) in [7, 11) is 1.71. The largest absolute Gasteiger partial charge is 0.383 e. The van der Waals surface area contributed by atoms with Crippen molar-refractivity contribution >= 4 is 21.7 Å². The first-order valence-corrected chi connectivity index (χ1v) is 6.65. The van der Waals surface area contributed by atoms with Gasteiger partial charge in [0.1, 0.15) is 16.2 Å². The SMILES string of the molecule is CCc1nc(Br)cc(NC(COC)C(C)C)n1. The molecule has 0 bridgehead atoms. The Morgan fingerprint density at radius 1 is 1.41 bits per heavy atom. The number of aromatic nitrogens is 2. The molecule has 0 radical (unpaired) electrons. The zero-order valence-electron chi connectivity index (χ0n) is 10.8. The fourth-order valence-corrected chi connectivity index (χ4v) is 1.89. The molecule has 0 fully saturated rings. The molecule has 1 aromatic rings. The third-order valence-corrected chi connectivity index (χ3v) is 2.95. The van der Waals surface area contributed by atoms with Crippen LogP contribution in [0, 0.1) is 5.92 Å². The van der Waals surface area contributed by atoms with Gasteiger partial charge >= 0.3 is 0 Å². The van der Waals surface area contributed by atoms with Crippen LogP contribution in [0.3, 0.4) is 0 Å². The van der Waals surface area contributed by atoms with Crippen molar-refractivity contribution in [1.82, 2.24) is 9.97 Å². The van der Waals surface area contributed by atoms with Crippen molar-refractivity contribution in [1.29, 1.82) is 0 Å². The predicted octanol–water partition coefficient (Wildman–Crippen LogP) is 2.88. The van der Waals surface area contributed by atoms with Crippen molar-refractivity contribution in [2.24, 2.45) is 5.92 Å². The molecule has 1 unspecified atom stereocenters. The molecule has 4 nitrogen and oxygen atoms in total. The lowest BCUT2D eigenvalue weighted by Crippen LogP contribution is -2.31. The first-order valence-electron chi connectivity index (χ1n) is 5.85. The van der Waals surface area contributed by atoms with Crippen molar-refractivity contribution in [3.05, 3.63) is 16.5 Å². The van der Waals surface area contributed by atoms with E-state index in [-0.39, 0.29) is 6.04 Å². The van der Waals surface area contributed by atoms with E-state index in [1.54, 1.807) is 7.11 Å². The molecule has 1 atom stereocenters. The summed E-state index contributed by atoms with van der Waals surface area (Å²) in [6.45, 7) is 7.03. The molecule has 1 rings (SSSR count). The number of aryl methyl sites for hydroxylation is 1. The van der Waals surface area contributed by atoms with Gasteiger partial charge in [0.15, 0.2) is 0 Å². The molecule has 0 saturated carbocycles. The van der Waals surface area contributed by atoms with E-state index in [0.717, 1.165) is 22.7 Å². The highest BCUT2D eigenvalue weighted by molar-refractivity contribution is 9.10. The van der Waals surface area contributed by atoms with Gasteiger partial charge in [-0.3, -0.25) is 0 Å². The highest BCUT2D eigenvalue weighted by atomic mass is 79.9. The van der Waals surface area contributed by atoms with Crippen LogP contribution in [0.5, 0.6) is 0 Å². The van der Waals surface area contributed by atoms with Crippen molar-refractivity contribution in [3.63, 3.8) is 0 Å². The van der Waals surface area contributed by atoms with Gasteiger partial charge in [-0.05, 0) is 21.8 Å². The molecule has 0 aliphatic rings. The third-order valence-electron chi connectivity index (χ3n) is 2.54. The van der Waals surface area contributed by atoms with Gasteiger partial charge in [0, 0.05) is 19.6 Å². The van der Waals surface area contributed by atoms with E-state index in [1.165, 1.54) is 0 Å². The van der Waals surface area contributed by atoms with Gasteiger partial charge in [-0.1, -0.05) is 20.8 Å². The Hall–Kier alpha value is -0.680. The summed E-state index contributed by atoms with van der Waals surface area (Å²) in [6, 6.07) is 2.15. The molecule has 17 heavy (non-hydrogen) atoms. The van der Waals surface area contributed by atoms with Crippen molar-refractivity contribution in [3.8, 4) is 0 Å². The molecule has 0 aliphatic carbocycles. The third kappa shape index (κ3) is 4.60. The number of hydrogen-bond donors (Lipinski definition) is 1. The van der Waals surface area contributed by atoms with Crippen LogP contribution in [0.25, 0.3) is 0 Å². The number of nitrogens with one attached hydrogen (secondary N) is 1. The van der Waals surface area contributed by atoms with Crippen LogP contribution >= 0.6 is 15.9 Å². The monoisotopic (exact) mass is 301 g/mol. The van der Waals surface area contributed by atoms with Crippen LogP contribution in [0.1, 0.15) is 26.6 Å². The fraction of sp³-hybridized carbons (Fsp3) is 0.667. The molecule has 1 aromatic heterocycles. The normalized spacial score (nSPS) is 12.8. The van der Waals surface area contributed by atoms with Crippen LogP contribution in [0.15, 0.2) is 10.7 Å². The Bertz CT molecular complexity index is 358. The second kappa shape index (κ2) is 6.91. The van der Waals surface area contributed by atoms with Gasteiger partial charge in [0.25, 0.3) is 0 Å². The van der Waals surface area contributed by atoms with Crippen LogP contribution in [-0.4, -0.2) is 29.7 Å². The maximum absolute atomic E-state index is 5.21. The predicted molar refractivity (Wildman–Crippen MR) is 73.2 cm³/mol. The van der Waals surface area contributed by atoms with Gasteiger partial charge in [-0.25, -0.2) is 9.97 Å². The molecular formula is C12H20BrN3O. The van der Waals surface area contributed by atoms with E-state index in [2.05, 4.69) is 45.1 Å². The van der Waals surface area contributed by atoms with Crippen molar-refractivity contribution < 1.29 is 4.74 Å². The molecule has 1 N–H and O–H groups in total. The minimum absolute atomic E-state index is 0.256. The highest BCUT2D eigenvalue weighted by Gasteiger charge is 2.14. The summed E-state index contributed by atoms with van der Waals surface area (Å²) in [5.41, 5.74) is 0. The summed E-state index contributed by atoms with van der Waals surface area (Å²) < 4.78 is 6.02. The number of ether oxygens (including phenoxy) is 1. The smallest absolute Gasteiger partial charge is 0.131 e. The molecule has 0 aromatic carbocycles. The molecule has 0 spiro atoms. The quantitative estimate of drug-likeness (QED) is 0.821. The standard InChI is InChI=1S/C12H20BrN3O/c1-5-11-15-10(13)6-12(16-11)14-9(7-17-4)8(2)3/h6,8-9H,5,7H2,1-4H3,(H,14,15,16). The lowest BCUT2D eigenvalue weighted by atomic mass is 10.1. The Morgan fingerprint density at radius 3 is 2.65 bits per heavy atom. The van der Waals surface area contributed by atoms with Crippen LogP contribution in [-0.2, 0) is 11.2 Å². The summed E-state index contributed by atoms with van der Waals surface area (Å²) >= 11 is 3.40. The Morgan fingerprint density at radius 2 is 2.12 bits per heavy atom. The zero-order chi connectivity index (χ0) is 12.8. The maximum Gasteiger partial charge on any atom is 0.131 e. The summed E-state index contributed by atoms with van der Waals surface area (Å²) in [4.78, 5) is 8.73. The topological polar surface area (TPSA) is 47.0 Å². The number of rotatable bonds is 6. The average molecular weight is 302 g/mol. The van der Waals surface area contributed by atoms with Gasteiger partial charge in [-0.2, -0.15) is 0 Å². The number of anilines is 1. The summed E-state index contributed by atoms with van der Waals surface area (Å²) in [5.74, 6) is 2.16. The average Bonchev–Trinajstić information content (AvgIpc) is 2.27. The molecular weight excluding hydrogens is 282 g/mol. The fourth-order valence-electron chi connectivity index (χ4n) is 1.47. The molecule has 0 amide bonds. The Kier molecular flexibility index (Phi) is 5.85. The molecule has 0 aliphatic heterocycles. The molecule has 96 valence electrons. The minimum Gasteiger partial charge on any atom is -0.383 e. The van der Waals surface area contributed by atoms with E-state index in [1.807, 2.05) is 13.0 Å². The van der Waals surface area contributed by atoms with E-state index in [0.29, 0.717) is 12.5 Å². The molecule has 5 heteroatoms. The second-order valence-electron chi connectivity index (χ2n) is 4.30. The number of hydrogen-bond acceptors (Lipinski definition) is 4. The molecule has 0 saturated heterocycles. The highest BCUT2D eigenvalue weighted by Crippen LogP contribution is 2.16. The van der Waals surface area contributed by atoms with E-state index in [9.17, 15) is 0 Å². The van der Waals surface area contributed by atoms with Gasteiger partial charge in [0.2, 0.25) is 0 Å². The van der Waals surface area contributed by atoms with E-state index >= 15 is 0 Å². The molecule has 1 heterocycles. The minimum atomic E-state index is 0.256. The first-order chi connectivity index (χ1) is 8.06. The lowest BCUT2D eigenvalue weighted by Gasteiger charge is -2.22. The van der Waals surface area contributed by atoms with Crippen molar-refractivity contribution in [2.75, 3.05) is 19.0 Å².